The van der Waals surface area contributed by atoms with Gasteiger partial charge < -0.3 is 4.74 Å². The molecule has 7 rings (SSSR count). The number of hydrogen-bond acceptors (Lipinski definition) is 1. The van der Waals surface area contributed by atoms with Crippen molar-refractivity contribution in [3.05, 3.63) is 125 Å². The molecule has 0 fully saturated rings. The van der Waals surface area contributed by atoms with Crippen LogP contribution in [0.25, 0.3) is 44.5 Å². The van der Waals surface area contributed by atoms with E-state index in [-0.39, 0.29) is 10.8 Å². The standard InChI is InChI=1S/C51H60O/c1-6-8-10-12-14-18-32-51(33-19-15-13-11-9-7-2)46-21-17-16-20-42(46)45-31-26-40(36-49(45)51)39-25-30-44-43-29-24-38(37-22-27-41(52-5)28-23-37)34-47(43)50(3,4)48(44)35-39/h16-17,20-31,34-36H,6-15,18-19,32-33H2,1-5H3. The Balaban J connectivity index is 1.22. The fraction of sp³-hybridized carbons (Fsp3) is 0.412. The van der Waals surface area contributed by atoms with Crippen LogP contribution in [0.4, 0.5) is 0 Å². The molecule has 0 unspecified atom stereocenters. The summed E-state index contributed by atoms with van der Waals surface area (Å²) >= 11 is 0. The molecule has 1 nitrogen and oxygen atoms in total. The minimum atomic E-state index is -0.0879. The zero-order valence-electron chi connectivity index (χ0n) is 32.6. The second-order valence-electron chi connectivity index (χ2n) is 16.3. The SMILES string of the molecule is CCCCCCCCC1(CCCCCCCC)c2ccccc2-c2ccc(-c3ccc4c(c3)C(C)(C)c3cc(-c5ccc(OC)cc5)ccc3-4)cc21. The van der Waals surface area contributed by atoms with Crippen LogP contribution in [0, 0.1) is 0 Å². The molecule has 0 spiro atoms. The second-order valence-corrected chi connectivity index (χ2v) is 16.3. The van der Waals surface area contributed by atoms with Crippen LogP contribution in [0.3, 0.4) is 0 Å². The molecule has 0 heterocycles. The zero-order valence-corrected chi connectivity index (χ0v) is 32.6. The summed E-state index contributed by atoms with van der Waals surface area (Å²) in [6.07, 6.45) is 18.6. The number of unbranched alkanes of at least 4 members (excludes halogenated alkanes) is 10. The summed E-state index contributed by atoms with van der Waals surface area (Å²) in [7, 11) is 1.73. The summed E-state index contributed by atoms with van der Waals surface area (Å²) in [6, 6.07) is 39.7. The highest BCUT2D eigenvalue weighted by Crippen LogP contribution is 2.56. The monoisotopic (exact) mass is 688 g/mol. The molecular formula is C51H60O. The van der Waals surface area contributed by atoms with Crippen LogP contribution in [-0.2, 0) is 10.8 Å². The molecule has 0 saturated carbocycles. The molecule has 2 aliphatic rings. The highest BCUT2D eigenvalue weighted by molar-refractivity contribution is 5.88. The first kappa shape index (κ1) is 36.3. The average Bonchev–Trinajstić information content (AvgIpc) is 3.58. The van der Waals surface area contributed by atoms with Crippen molar-refractivity contribution >= 4 is 0 Å². The number of methoxy groups -OCH3 is 1. The van der Waals surface area contributed by atoms with Gasteiger partial charge in [0.05, 0.1) is 7.11 Å². The van der Waals surface area contributed by atoms with Crippen molar-refractivity contribution in [2.24, 2.45) is 0 Å². The van der Waals surface area contributed by atoms with E-state index in [1.54, 1.807) is 18.2 Å². The lowest BCUT2D eigenvalue weighted by atomic mass is 9.70. The summed E-state index contributed by atoms with van der Waals surface area (Å²) in [5, 5.41) is 0. The van der Waals surface area contributed by atoms with Gasteiger partial charge in [-0.15, -0.1) is 0 Å². The molecule has 270 valence electrons. The maximum atomic E-state index is 5.42. The lowest BCUT2D eigenvalue weighted by Crippen LogP contribution is -2.25. The van der Waals surface area contributed by atoms with Gasteiger partial charge in [-0.1, -0.05) is 178 Å². The van der Waals surface area contributed by atoms with Gasteiger partial charge in [0, 0.05) is 10.8 Å². The lowest BCUT2D eigenvalue weighted by Gasteiger charge is -2.33. The summed E-state index contributed by atoms with van der Waals surface area (Å²) < 4.78 is 5.42. The Labute approximate surface area is 314 Å². The Hall–Kier alpha value is -4.10. The molecule has 0 amide bonds. The first-order chi connectivity index (χ1) is 25.4. The van der Waals surface area contributed by atoms with E-state index in [4.69, 9.17) is 4.74 Å². The van der Waals surface area contributed by atoms with Gasteiger partial charge in [0.15, 0.2) is 0 Å². The average molecular weight is 689 g/mol. The predicted octanol–water partition coefficient (Wildman–Crippen LogP) is 15.1. The minimum Gasteiger partial charge on any atom is -0.497 e. The quantitative estimate of drug-likeness (QED) is 0.0884. The Bertz CT molecular complexity index is 1960. The van der Waals surface area contributed by atoms with Gasteiger partial charge in [0.2, 0.25) is 0 Å². The van der Waals surface area contributed by atoms with E-state index in [0.29, 0.717) is 0 Å². The summed E-state index contributed by atoms with van der Waals surface area (Å²) in [5.74, 6) is 0.891. The van der Waals surface area contributed by atoms with Crippen LogP contribution >= 0.6 is 0 Å². The summed E-state index contributed by atoms with van der Waals surface area (Å²) in [6.45, 7) is 9.45. The van der Waals surface area contributed by atoms with Gasteiger partial charge >= 0.3 is 0 Å². The van der Waals surface area contributed by atoms with Crippen LogP contribution in [0.5, 0.6) is 5.75 Å². The van der Waals surface area contributed by atoms with E-state index in [1.807, 2.05) is 0 Å². The number of fused-ring (bicyclic) bond motifs is 6. The smallest absolute Gasteiger partial charge is 0.118 e. The first-order valence-electron chi connectivity index (χ1n) is 20.6. The minimum absolute atomic E-state index is 0.0879. The van der Waals surface area contributed by atoms with Crippen molar-refractivity contribution in [1.29, 1.82) is 0 Å². The van der Waals surface area contributed by atoms with Crippen molar-refractivity contribution in [3.63, 3.8) is 0 Å². The molecule has 0 aromatic heterocycles. The molecule has 0 aliphatic heterocycles. The topological polar surface area (TPSA) is 9.23 Å². The van der Waals surface area contributed by atoms with Crippen molar-refractivity contribution in [1.82, 2.24) is 0 Å². The van der Waals surface area contributed by atoms with Crippen molar-refractivity contribution in [3.8, 4) is 50.3 Å². The Morgan fingerprint density at radius 3 is 1.38 bits per heavy atom. The molecule has 1 heteroatoms. The third-order valence-electron chi connectivity index (χ3n) is 12.6. The van der Waals surface area contributed by atoms with Gasteiger partial charge in [-0.05, 0) is 110 Å². The highest BCUT2D eigenvalue weighted by atomic mass is 16.5. The van der Waals surface area contributed by atoms with E-state index < -0.39 is 0 Å². The molecule has 2 aliphatic carbocycles. The molecule has 0 atom stereocenters. The molecule has 5 aromatic rings. The van der Waals surface area contributed by atoms with Crippen LogP contribution in [0.2, 0.25) is 0 Å². The van der Waals surface area contributed by atoms with Crippen LogP contribution in [0.15, 0.2) is 103 Å². The van der Waals surface area contributed by atoms with E-state index >= 15 is 0 Å². The van der Waals surface area contributed by atoms with Crippen LogP contribution in [-0.4, -0.2) is 7.11 Å². The molecule has 0 radical (unpaired) electrons. The van der Waals surface area contributed by atoms with Crippen molar-refractivity contribution < 1.29 is 4.74 Å². The number of benzene rings is 5. The fourth-order valence-corrected chi connectivity index (χ4v) is 9.59. The zero-order chi connectivity index (χ0) is 36.1. The fourth-order valence-electron chi connectivity index (χ4n) is 9.59. The van der Waals surface area contributed by atoms with Crippen molar-refractivity contribution in [2.45, 2.75) is 128 Å². The summed E-state index contributed by atoms with van der Waals surface area (Å²) in [5.41, 5.74) is 16.9. The molecule has 0 N–H and O–H groups in total. The van der Waals surface area contributed by atoms with Gasteiger partial charge in [0.25, 0.3) is 0 Å². The summed E-state index contributed by atoms with van der Waals surface area (Å²) in [4.78, 5) is 0. The highest BCUT2D eigenvalue weighted by Gasteiger charge is 2.42. The number of ether oxygens (including phenoxy) is 1. The van der Waals surface area contributed by atoms with Crippen LogP contribution in [0.1, 0.15) is 140 Å². The van der Waals surface area contributed by atoms with E-state index in [9.17, 15) is 0 Å². The molecular weight excluding hydrogens is 629 g/mol. The maximum Gasteiger partial charge on any atom is 0.118 e. The van der Waals surface area contributed by atoms with E-state index in [2.05, 4.69) is 131 Å². The molecule has 5 aromatic carbocycles. The van der Waals surface area contributed by atoms with E-state index in [0.717, 1.165) is 5.75 Å². The number of rotatable bonds is 17. The van der Waals surface area contributed by atoms with E-state index in [1.165, 1.54) is 146 Å². The predicted molar refractivity (Wildman–Crippen MR) is 224 cm³/mol. The number of hydrogen-bond donors (Lipinski definition) is 0. The Morgan fingerprint density at radius 2 is 0.846 bits per heavy atom. The van der Waals surface area contributed by atoms with Crippen molar-refractivity contribution in [2.75, 3.05) is 7.11 Å². The molecule has 52 heavy (non-hydrogen) atoms. The largest absolute Gasteiger partial charge is 0.497 e. The Kier molecular flexibility index (Phi) is 11.1. The van der Waals surface area contributed by atoms with Gasteiger partial charge in [0.1, 0.15) is 5.75 Å². The van der Waals surface area contributed by atoms with Crippen LogP contribution < -0.4 is 4.74 Å². The van der Waals surface area contributed by atoms with Gasteiger partial charge in [-0.2, -0.15) is 0 Å². The third kappa shape index (κ3) is 6.89. The lowest BCUT2D eigenvalue weighted by molar-refractivity contribution is 0.398. The second kappa shape index (κ2) is 15.9. The normalized spacial score (nSPS) is 14.5. The van der Waals surface area contributed by atoms with Gasteiger partial charge in [-0.25, -0.2) is 0 Å². The maximum absolute atomic E-state index is 5.42. The third-order valence-corrected chi connectivity index (χ3v) is 12.6. The Morgan fingerprint density at radius 1 is 0.423 bits per heavy atom. The first-order valence-corrected chi connectivity index (χ1v) is 20.6. The molecule has 0 bridgehead atoms. The van der Waals surface area contributed by atoms with Gasteiger partial charge in [-0.3, -0.25) is 0 Å². The molecule has 0 saturated heterocycles.